The average molecular weight is 229 g/mol. The van der Waals surface area contributed by atoms with E-state index in [1.54, 1.807) is 0 Å². The quantitative estimate of drug-likeness (QED) is 0.733. The number of aliphatic hydroxyl groups excluding tert-OH is 1. The Hall–Kier alpha value is -0.810. The van der Waals surface area contributed by atoms with Crippen LogP contribution in [0.3, 0.4) is 0 Å². The molecule has 1 nitrogen and oxygen atoms in total. The van der Waals surface area contributed by atoms with E-state index in [2.05, 4.69) is 0 Å². The van der Waals surface area contributed by atoms with Crippen LogP contribution in [-0.4, -0.2) is 5.11 Å². The van der Waals surface area contributed by atoms with Crippen molar-refractivity contribution in [2.24, 2.45) is 0 Å². The molecule has 0 heterocycles. The molecule has 0 saturated heterocycles. The Morgan fingerprint density at radius 2 is 1.86 bits per heavy atom. The van der Waals surface area contributed by atoms with Crippen molar-refractivity contribution in [3.05, 3.63) is 34.1 Å². The fraction of sp³-hybridized carbons (Fsp3) is 0.250. The number of halogens is 5. The zero-order chi connectivity index (χ0) is 10.9. The van der Waals surface area contributed by atoms with Gasteiger partial charge < -0.3 is 5.11 Å². The predicted molar refractivity (Wildman–Crippen MR) is 42.3 cm³/mol. The summed E-state index contributed by atoms with van der Waals surface area (Å²) in [6.07, 6.45) is -4.78. The Kier molecular flexibility index (Phi) is 3.01. The van der Waals surface area contributed by atoms with E-state index in [9.17, 15) is 17.6 Å². The number of hydrogen-bond acceptors (Lipinski definition) is 1. The number of hydrogen-bond donors (Lipinski definition) is 1. The van der Waals surface area contributed by atoms with Gasteiger partial charge >= 0.3 is 6.18 Å². The summed E-state index contributed by atoms with van der Waals surface area (Å²) >= 11 is 5.38. The SMILES string of the molecule is OCc1cc(F)c(C(F)(F)F)cc1Cl. The Morgan fingerprint density at radius 3 is 2.29 bits per heavy atom. The molecule has 1 aromatic carbocycles. The van der Waals surface area contributed by atoms with Gasteiger partial charge in [0, 0.05) is 5.02 Å². The molecule has 0 atom stereocenters. The molecule has 1 rings (SSSR count). The maximum atomic E-state index is 12.8. The number of benzene rings is 1. The third kappa shape index (κ3) is 2.16. The van der Waals surface area contributed by atoms with E-state index in [4.69, 9.17) is 16.7 Å². The minimum absolute atomic E-state index is 0.0721. The third-order valence-electron chi connectivity index (χ3n) is 1.61. The summed E-state index contributed by atoms with van der Waals surface area (Å²) in [5.41, 5.74) is -1.50. The largest absolute Gasteiger partial charge is 0.419 e. The topological polar surface area (TPSA) is 20.2 Å². The maximum absolute atomic E-state index is 12.8. The fourth-order valence-electron chi connectivity index (χ4n) is 0.926. The van der Waals surface area contributed by atoms with Crippen molar-refractivity contribution in [3.63, 3.8) is 0 Å². The van der Waals surface area contributed by atoms with E-state index in [0.717, 1.165) is 0 Å². The molecular formula is C8H5ClF4O. The lowest BCUT2D eigenvalue weighted by molar-refractivity contribution is -0.140. The van der Waals surface area contributed by atoms with Gasteiger partial charge in [-0.15, -0.1) is 0 Å². The minimum atomic E-state index is -4.78. The van der Waals surface area contributed by atoms with Crippen molar-refractivity contribution >= 4 is 11.6 Å². The van der Waals surface area contributed by atoms with Crippen LogP contribution >= 0.6 is 11.6 Å². The van der Waals surface area contributed by atoms with Gasteiger partial charge in [0.25, 0.3) is 0 Å². The van der Waals surface area contributed by atoms with Crippen LogP contribution < -0.4 is 0 Å². The van der Waals surface area contributed by atoms with Gasteiger partial charge in [-0.3, -0.25) is 0 Å². The Labute approximate surface area is 81.9 Å². The summed E-state index contributed by atoms with van der Waals surface area (Å²) in [7, 11) is 0. The number of aliphatic hydroxyl groups is 1. The predicted octanol–water partition coefficient (Wildman–Crippen LogP) is 2.99. The van der Waals surface area contributed by atoms with E-state index in [1.165, 1.54) is 0 Å². The van der Waals surface area contributed by atoms with Crippen LogP contribution in [0.1, 0.15) is 11.1 Å². The van der Waals surface area contributed by atoms with Gasteiger partial charge in [-0.25, -0.2) is 4.39 Å². The molecule has 0 radical (unpaired) electrons. The first-order valence-electron chi connectivity index (χ1n) is 3.52. The molecule has 1 aromatic rings. The maximum Gasteiger partial charge on any atom is 0.419 e. The highest BCUT2D eigenvalue weighted by atomic mass is 35.5. The first kappa shape index (κ1) is 11.3. The van der Waals surface area contributed by atoms with Crippen LogP contribution in [0.5, 0.6) is 0 Å². The molecule has 14 heavy (non-hydrogen) atoms. The lowest BCUT2D eigenvalue weighted by Gasteiger charge is -2.10. The van der Waals surface area contributed by atoms with E-state index in [1.807, 2.05) is 0 Å². The third-order valence-corrected chi connectivity index (χ3v) is 1.96. The standard InChI is InChI=1S/C8H5ClF4O/c9-6-2-5(8(11,12)13)7(10)1-4(6)3-14/h1-2,14H,3H2. The van der Waals surface area contributed by atoms with E-state index < -0.39 is 24.2 Å². The van der Waals surface area contributed by atoms with Gasteiger partial charge in [0.05, 0.1) is 12.2 Å². The Bertz CT molecular complexity index is 348. The summed E-state index contributed by atoms with van der Waals surface area (Å²) < 4.78 is 49.1. The van der Waals surface area contributed by atoms with Crippen molar-refractivity contribution in [1.82, 2.24) is 0 Å². The lowest BCUT2D eigenvalue weighted by atomic mass is 10.1. The molecule has 0 fully saturated rings. The average Bonchev–Trinajstić information content (AvgIpc) is 2.06. The monoisotopic (exact) mass is 228 g/mol. The van der Waals surface area contributed by atoms with Crippen LogP contribution in [-0.2, 0) is 12.8 Å². The summed E-state index contributed by atoms with van der Waals surface area (Å²) in [6.45, 7) is -0.603. The highest BCUT2D eigenvalue weighted by molar-refractivity contribution is 6.31. The van der Waals surface area contributed by atoms with Gasteiger partial charge in [0.2, 0.25) is 0 Å². The second-order valence-electron chi connectivity index (χ2n) is 2.58. The molecule has 0 aliphatic rings. The number of alkyl halides is 3. The van der Waals surface area contributed by atoms with Crippen LogP contribution in [0.2, 0.25) is 5.02 Å². The summed E-state index contributed by atoms with van der Waals surface area (Å²) in [5.74, 6) is -1.44. The van der Waals surface area contributed by atoms with E-state index in [0.29, 0.717) is 12.1 Å². The van der Waals surface area contributed by atoms with Crippen LogP contribution in [0.4, 0.5) is 17.6 Å². The fourth-order valence-corrected chi connectivity index (χ4v) is 1.15. The molecule has 0 aromatic heterocycles. The molecule has 0 amide bonds. The van der Waals surface area contributed by atoms with Crippen LogP contribution in [0.25, 0.3) is 0 Å². The molecule has 0 unspecified atom stereocenters. The van der Waals surface area contributed by atoms with Crippen molar-refractivity contribution in [2.75, 3.05) is 0 Å². The highest BCUT2D eigenvalue weighted by Gasteiger charge is 2.34. The summed E-state index contributed by atoms with van der Waals surface area (Å²) in [5, 5.41) is 8.30. The first-order valence-corrected chi connectivity index (χ1v) is 3.90. The summed E-state index contributed by atoms with van der Waals surface area (Å²) in [6, 6.07) is 1.04. The molecular weight excluding hydrogens is 224 g/mol. The van der Waals surface area contributed by atoms with Gasteiger partial charge in [0.1, 0.15) is 5.82 Å². The Balaban J connectivity index is 3.29. The van der Waals surface area contributed by atoms with Gasteiger partial charge in [-0.2, -0.15) is 13.2 Å². The van der Waals surface area contributed by atoms with Crippen LogP contribution in [0.15, 0.2) is 12.1 Å². The molecule has 0 aliphatic heterocycles. The molecule has 6 heteroatoms. The summed E-state index contributed by atoms with van der Waals surface area (Å²) in [4.78, 5) is 0. The number of rotatable bonds is 1. The van der Waals surface area contributed by atoms with E-state index in [-0.39, 0.29) is 10.6 Å². The normalized spacial score (nSPS) is 11.9. The zero-order valence-corrected chi connectivity index (χ0v) is 7.45. The highest BCUT2D eigenvalue weighted by Crippen LogP contribution is 2.34. The van der Waals surface area contributed by atoms with Gasteiger partial charge in [-0.1, -0.05) is 11.6 Å². The lowest BCUT2D eigenvalue weighted by Crippen LogP contribution is -2.08. The molecule has 0 bridgehead atoms. The van der Waals surface area contributed by atoms with Crippen molar-refractivity contribution < 1.29 is 22.7 Å². The van der Waals surface area contributed by atoms with Crippen LogP contribution in [0, 0.1) is 5.82 Å². The van der Waals surface area contributed by atoms with Crippen molar-refractivity contribution in [3.8, 4) is 0 Å². The molecule has 0 saturated carbocycles. The van der Waals surface area contributed by atoms with Gasteiger partial charge in [-0.05, 0) is 17.7 Å². The second kappa shape index (κ2) is 3.74. The van der Waals surface area contributed by atoms with Gasteiger partial charge in [0.15, 0.2) is 0 Å². The van der Waals surface area contributed by atoms with Crippen molar-refractivity contribution in [2.45, 2.75) is 12.8 Å². The van der Waals surface area contributed by atoms with E-state index >= 15 is 0 Å². The molecule has 0 aliphatic carbocycles. The minimum Gasteiger partial charge on any atom is -0.392 e. The Morgan fingerprint density at radius 1 is 1.29 bits per heavy atom. The molecule has 1 N–H and O–H groups in total. The second-order valence-corrected chi connectivity index (χ2v) is 2.99. The zero-order valence-electron chi connectivity index (χ0n) is 6.70. The smallest absolute Gasteiger partial charge is 0.392 e. The molecule has 78 valence electrons. The molecule has 0 spiro atoms. The first-order chi connectivity index (χ1) is 6.36. The van der Waals surface area contributed by atoms with Crippen molar-refractivity contribution in [1.29, 1.82) is 0 Å².